The Morgan fingerprint density at radius 2 is 1.57 bits per heavy atom. The molecule has 0 amide bonds. The van der Waals surface area contributed by atoms with Gasteiger partial charge >= 0.3 is 0 Å². The quantitative estimate of drug-likeness (QED) is 0.559. The molecule has 0 rings (SSSR count). The molecule has 0 spiro atoms. The van der Waals surface area contributed by atoms with Gasteiger partial charge in [0.1, 0.15) is 0 Å². The molecule has 0 unspecified atom stereocenters. The molecular weight excluding hydrogens is 174 g/mol. The molecule has 0 bridgehead atoms. The molecule has 3 nitrogen and oxygen atoms in total. The van der Waals surface area contributed by atoms with Gasteiger partial charge in [0.25, 0.3) is 0 Å². The lowest BCUT2D eigenvalue weighted by Crippen LogP contribution is -2.27. The Morgan fingerprint density at radius 1 is 0.929 bits per heavy atom. The van der Waals surface area contributed by atoms with Gasteiger partial charge in [0.2, 0.25) is 0 Å². The maximum Gasteiger partial charge on any atom is -0.000959 e. The monoisotopic (exact) mass is 201 g/mol. The number of rotatable bonds is 9. The van der Waals surface area contributed by atoms with Crippen LogP contribution in [-0.4, -0.2) is 63.7 Å². The van der Waals surface area contributed by atoms with Crippen molar-refractivity contribution in [3.8, 4) is 0 Å². The molecule has 0 fully saturated rings. The van der Waals surface area contributed by atoms with Crippen molar-refractivity contribution in [2.75, 3.05) is 53.9 Å². The fraction of sp³-hybridized carbons (Fsp3) is 1.00. The van der Waals surface area contributed by atoms with E-state index in [1.54, 1.807) is 0 Å². The zero-order valence-electron chi connectivity index (χ0n) is 10.3. The summed E-state index contributed by atoms with van der Waals surface area (Å²) in [6.45, 7) is 8.00. The molecule has 0 aromatic heterocycles. The van der Waals surface area contributed by atoms with E-state index >= 15 is 0 Å². The topological polar surface area (TPSA) is 18.5 Å². The van der Waals surface area contributed by atoms with Crippen LogP contribution in [0.15, 0.2) is 0 Å². The van der Waals surface area contributed by atoms with Crippen molar-refractivity contribution in [3.63, 3.8) is 0 Å². The summed E-state index contributed by atoms with van der Waals surface area (Å²) >= 11 is 0. The number of nitrogens with one attached hydrogen (secondary N) is 1. The van der Waals surface area contributed by atoms with E-state index in [9.17, 15) is 0 Å². The first kappa shape index (κ1) is 13.9. The minimum atomic E-state index is 1.09. The van der Waals surface area contributed by atoms with Gasteiger partial charge in [-0.3, -0.25) is 0 Å². The van der Waals surface area contributed by atoms with Crippen molar-refractivity contribution < 1.29 is 0 Å². The standard InChI is InChI=1S/C11H27N3/c1-5-12-8-6-10-14(4)11-7-9-13(2)3/h12H,5-11H2,1-4H3. The van der Waals surface area contributed by atoms with E-state index in [1.165, 1.54) is 32.5 Å². The third kappa shape index (κ3) is 9.96. The van der Waals surface area contributed by atoms with Crippen LogP contribution in [0.2, 0.25) is 0 Å². The van der Waals surface area contributed by atoms with E-state index in [4.69, 9.17) is 0 Å². The summed E-state index contributed by atoms with van der Waals surface area (Å²) in [5.41, 5.74) is 0. The van der Waals surface area contributed by atoms with E-state index in [1.807, 2.05) is 0 Å². The Morgan fingerprint density at radius 3 is 2.14 bits per heavy atom. The van der Waals surface area contributed by atoms with E-state index in [2.05, 4.69) is 43.2 Å². The number of hydrogen-bond donors (Lipinski definition) is 1. The van der Waals surface area contributed by atoms with Gasteiger partial charge in [-0.15, -0.1) is 0 Å². The molecule has 14 heavy (non-hydrogen) atoms. The molecule has 0 aromatic carbocycles. The van der Waals surface area contributed by atoms with Gasteiger partial charge in [-0.25, -0.2) is 0 Å². The second-order valence-electron chi connectivity index (χ2n) is 4.17. The highest BCUT2D eigenvalue weighted by atomic mass is 15.1. The summed E-state index contributed by atoms with van der Waals surface area (Å²) in [6, 6.07) is 0. The van der Waals surface area contributed by atoms with Crippen molar-refractivity contribution in [1.29, 1.82) is 0 Å². The molecule has 86 valence electrons. The van der Waals surface area contributed by atoms with E-state index in [-0.39, 0.29) is 0 Å². The summed E-state index contributed by atoms with van der Waals surface area (Å²) in [5, 5.41) is 3.34. The van der Waals surface area contributed by atoms with Gasteiger partial charge in [0, 0.05) is 0 Å². The highest BCUT2D eigenvalue weighted by Crippen LogP contribution is 1.91. The molecular formula is C11H27N3. The Balaban J connectivity index is 3.15. The third-order valence-electron chi connectivity index (χ3n) is 2.29. The Bertz CT molecular complexity index is 115. The number of hydrogen-bond acceptors (Lipinski definition) is 3. The predicted octanol–water partition coefficient (Wildman–Crippen LogP) is 0.870. The molecule has 0 aliphatic heterocycles. The smallest absolute Gasteiger partial charge is 0.000959 e. The molecule has 0 aliphatic carbocycles. The van der Waals surface area contributed by atoms with E-state index in [0.29, 0.717) is 0 Å². The Kier molecular flexibility index (Phi) is 9.35. The van der Waals surface area contributed by atoms with Crippen molar-refractivity contribution in [2.45, 2.75) is 19.8 Å². The van der Waals surface area contributed by atoms with Crippen molar-refractivity contribution in [3.05, 3.63) is 0 Å². The van der Waals surface area contributed by atoms with Crippen LogP contribution in [-0.2, 0) is 0 Å². The van der Waals surface area contributed by atoms with Crippen molar-refractivity contribution in [2.24, 2.45) is 0 Å². The summed E-state index contributed by atoms with van der Waals surface area (Å²) in [7, 11) is 6.47. The van der Waals surface area contributed by atoms with Crippen LogP contribution < -0.4 is 5.32 Å². The predicted molar refractivity (Wildman–Crippen MR) is 63.8 cm³/mol. The Labute approximate surface area is 89.5 Å². The van der Waals surface area contributed by atoms with Crippen LogP contribution in [0.5, 0.6) is 0 Å². The first-order valence-corrected chi connectivity index (χ1v) is 5.70. The number of nitrogens with zero attached hydrogens (tertiary/aromatic N) is 2. The minimum Gasteiger partial charge on any atom is -0.317 e. The largest absolute Gasteiger partial charge is 0.317 e. The average molecular weight is 201 g/mol. The average Bonchev–Trinajstić information content (AvgIpc) is 2.12. The van der Waals surface area contributed by atoms with E-state index < -0.39 is 0 Å². The fourth-order valence-corrected chi connectivity index (χ4v) is 1.42. The second kappa shape index (κ2) is 9.44. The summed E-state index contributed by atoms with van der Waals surface area (Å²) < 4.78 is 0. The zero-order chi connectivity index (χ0) is 10.8. The highest BCUT2D eigenvalue weighted by Gasteiger charge is 1.98. The van der Waals surface area contributed by atoms with Gasteiger partial charge < -0.3 is 15.1 Å². The molecule has 0 heterocycles. The lowest BCUT2D eigenvalue weighted by molar-refractivity contribution is 0.296. The minimum absolute atomic E-state index is 1.09. The molecule has 0 aliphatic rings. The first-order valence-electron chi connectivity index (χ1n) is 5.70. The lowest BCUT2D eigenvalue weighted by Gasteiger charge is -2.17. The fourth-order valence-electron chi connectivity index (χ4n) is 1.42. The van der Waals surface area contributed by atoms with Crippen LogP contribution in [0.1, 0.15) is 19.8 Å². The summed E-state index contributed by atoms with van der Waals surface area (Å²) in [5.74, 6) is 0. The normalized spacial score (nSPS) is 11.6. The van der Waals surface area contributed by atoms with Crippen molar-refractivity contribution in [1.82, 2.24) is 15.1 Å². The maximum absolute atomic E-state index is 3.34. The molecule has 0 aromatic rings. The van der Waals surface area contributed by atoms with Crippen LogP contribution in [0.4, 0.5) is 0 Å². The maximum atomic E-state index is 3.34. The molecule has 0 radical (unpaired) electrons. The van der Waals surface area contributed by atoms with Gasteiger partial charge in [0.15, 0.2) is 0 Å². The molecule has 0 saturated carbocycles. The Hall–Kier alpha value is -0.120. The second-order valence-corrected chi connectivity index (χ2v) is 4.17. The SMILES string of the molecule is CCNCCCN(C)CCCN(C)C. The molecule has 3 heteroatoms. The lowest BCUT2D eigenvalue weighted by atomic mass is 10.3. The van der Waals surface area contributed by atoms with Crippen LogP contribution in [0.25, 0.3) is 0 Å². The van der Waals surface area contributed by atoms with Crippen LogP contribution >= 0.6 is 0 Å². The van der Waals surface area contributed by atoms with Gasteiger partial charge in [-0.05, 0) is 66.7 Å². The van der Waals surface area contributed by atoms with Crippen molar-refractivity contribution >= 4 is 0 Å². The van der Waals surface area contributed by atoms with Crippen LogP contribution in [0.3, 0.4) is 0 Å². The molecule has 1 N–H and O–H groups in total. The summed E-state index contributed by atoms with van der Waals surface area (Å²) in [4.78, 5) is 4.66. The highest BCUT2D eigenvalue weighted by molar-refractivity contribution is 4.55. The molecule has 0 atom stereocenters. The van der Waals surface area contributed by atoms with Gasteiger partial charge in [-0.2, -0.15) is 0 Å². The van der Waals surface area contributed by atoms with Gasteiger partial charge in [-0.1, -0.05) is 6.92 Å². The summed E-state index contributed by atoms with van der Waals surface area (Å²) in [6.07, 6.45) is 2.52. The first-order chi connectivity index (χ1) is 6.66. The van der Waals surface area contributed by atoms with E-state index in [0.717, 1.165) is 13.1 Å². The molecule has 0 saturated heterocycles. The van der Waals surface area contributed by atoms with Crippen LogP contribution in [0, 0.1) is 0 Å². The van der Waals surface area contributed by atoms with Gasteiger partial charge in [0.05, 0.1) is 0 Å². The third-order valence-corrected chi connectivity index (χ3v) is 2.29. The zero-order valence-corrected chi connectivity index (χ0v) is 10.3.